The molecule has 0 saturated heterocycles. The fourth-order valence-corrected chi connectivity index (χ4v) is 1.40. The third-order valence-corrected chi connectivity index (χ3v) is 2.13. The first-order valence-electron chi connectivity index (χ1n) is 5.54. The second-order valence-corrected chi connectivity index (χ2v) is 3.52. The first kappa shape index (κ1) is 11.8. The molecule has 0 saturated carbocycles. The van der Waals surface area contributed by atoms with Crippen LogP contribution in [0.25, 0.3) is 0 Å². The van der Waals surface area contributed by atoms with Gasteiger partial charge < -0.3 is 4.74 Å². The van der Waals surface area contributed by atoms with Crippen LogP contribution in [0.1, 0.15) is 43.5 Å². The Morgan fingerprint density at radius 3 is 2.60 bits per heavy atom. The lowest BCUT2D eigenvalue weighted by molar-refractivity contribution is 0.0978. The zero-order chi connectivity index (χ0) is 11.1. The minimum absolute atomic E-state index is 0.171. The highest BCUT2D eigenvalue weighted by Crippen LogP contribution is 2.20. The van der Waals surface area contributed by atoms with Crippen molar-refractivity contribution in [2.45, 2.75) is 33.1 Å². The quantitative estimate of drug-likeness (QED) is 0.666. The van der Waals surface area contributed by atoms with Gasteiger partial charge in [-0.05, 0) is 25.0 Å². The molecule has 1 rings (SSSR count). The molecule has 0 bridgehead atoms. The van der Waals surface area contributed by atoms with E-state index in [0.29, 0.717) is 18.6 Å². The van der Waals surface area contributed by atoms with Crippen LogP contribution in [0.2, 0.25) is 0 Å². The van der Waals surface area contributed by atoms with E-state index >= 15 is 0 Å². The van der Waals surface area contributed by atoms with Crippen LogP contribution in [-0.4, -0.2) is 12.4 Å². The summed E-state index contributed by atoms with van der Waals surface area (Å²) in [6, 6.07) is 7.47. The van der Waals surface area contributed by atoms with Crippen LogP contribution in [0.15, 0.2) is 24.3 Å². The van der Waals surface area contributed by atoms with Gasteiger partial charge in [0, 0.05) is 6.42 Å². The molecule has 1 aromatic rings. The minimum atomic E-state index is 0.171. The number of hydrogen-bond acceptors (Lipinski definition) is 2. The van der Waals surface area contributed by atoms with Gasteiger partial charge in [0.15, 0.2) is 5.78 Å². The van der Waals surface area contributed by atoms with Crippen molar-refractivity contribution < 1.29 is 9.53 Å². The number of ether oxygens (including phenoxy) is 1. The molecule has 0 heterocycles. The van der Waals surface area contributed by atoms with E-state index in [4.69, 9.17) is 4.74 Å². The number of ketones is 1. The van der Waals surface area contributed by atoms with Gasteiger partial charge in [-0.3, -0.25) is 4.79 Å². The smallest absolute Gasteiger partial charge is 0.166 e. The number of carbonyl (C=O) groups excluding carboxylic acids is 1. The van der Waals surface area contributed by atoms with Crippen LogP contribution in [0, 0.1) is 0 Å². The summed E-state index contributed by atoms with van der Waals surface area (Å²) in [6.45, 7) is 4.72. The van der Waals surface area contributed by atoms with Crippen LogP contribution in [-0.2, 0) is 0 Å². The van der Waals surface area contributed by atoms with E-state index in [1.54, 1.807) is 0 Å². The van der Waals surface area contributed by atoms with Crippen molar-refractivity contribution in [2.24, 2.45) is 0 Å². The highest BCUT2D eigenvalue weighted by molar-refractivity contribution is 5.98. The van der Waals surface area contributed by atoms with Gasteiger partial charge in [0.2, 0.25) is 0 Å². The Morgan fingerprint density at radius 1 is 1.20 bits per heavy atom. The van der Waals surface area contributed by atoms with Crippen LogP contribution in [0.5, 0.6) is 5.75 Å². The number of rotatable bonds is 6. The molecule has 0 spiro atoms. The van der Waals surface area contributed by atoms with E-state index in [1.165, 1.54) is 0 Å². The molecule has 0 aliphatic heterocycles. The average molecular weight is 206 g/mol. The van der Waals surface area contributed by atoms with Gasteiger partial charge >= 0.3 is 0 Å². The highest BCUT2D eigenvalue weighted by atomic mass is 16.5. The topological polar surface area (TPSA) is 26.3 Å². The second-order valence-electron chi connectivity index (χ2n) is 3.52. The summed E-state index contributed by atoms with van der Waals surface area (Å²) in [7, 11) is 0. The number of benzene rings is 1. The van der Waals surface area contributed by atoms with E-state index in [2.05, 4.69) is 6.92 Å². The molecule has 15 heavy (non-hydrogen) atoms. The molecule has 1 aromatic carbocycles. The van der Waals surface area contributed by atoms with Crippen molar-refractivity contribution in [1.82, 2.24) is 0 Å². The summed E-state index contributed by atoms with van der Waals surface area (Å²) in [4.78, 5) is 11.7. The first-order valence-corrected chi connectivity index (χ1v) is 5.54. The van der Waals surface area contributed by atoms with Crippen molar-refractivity contribution in [3.8, 4) is 5.75 Å². The monoisotopic (exact) mass is 206 g/mol. The summed E-state index contributed by atoms with van der Waals surface area (Å²) < 4.78 is 5.53. The molecular weight excluding hydrogens is 188 g/mol. The van der Waals surface area contributed by atoms with Crippen molar-refractivity contribution in [3.05, 3.63) is 29.8 Å². The molecule has 82 valence electrons. The van der Waals surface area contributed by atoms with Crippen LogP contribution < -0.4 is 4.74 Å². The summed E-state index contributed by atoms with van der Waals surface area (Å²) >= 11 is 0. The molecule has 0 aliphatic rings. The van der Waals surface area contributed by atoms with Crippen molar-refractivity contribution in [3.63, 3.8) is 0 Å². The Balaban J connectivity index is 2.80. The Labute approximate surface area is 91.3 Å². The van der Waals surface area contributed by atoms with E-state index in [0.717, 1.165) is 18.6 Å². The Bertz CT molecular complexity index is 318. The third kappa shape index (κ3) is 3.39. The third-order valence-electron chi connectivity index (χ3n) is 2.13. The molecular formula is C13H18O2. The molecule has 0 unspecified atom stereocenters. The summed E-state index contributed by atoms with van der Waals surface area (Å²) in [5, 5.41) is 0. The highest BCUT2D eigenvalue weighted by Gasteiger charge is 2.10. The fraction of sp³-hybridized carbons (Fsp3) is 0.462. The van der Waals surface area contributed by atoms with Crippen molar-refractivity contribution in [2.75, 3.05) is 6.61 Å². The van der Waals surface area contributed by atoms with Crippen molar-refractivity contribution >= 4 is 5.78 Å². The van der Waals surface area contributed by atoms with Crippen LogP contribution in [0.3, 0.4) is 0 Å². The zero-order valence-electron chi connectivity index (χ0n) is 9.45. The van der Waals surface area contributed by atoms with Crippen molar-refractivity contribution in [1.29, 1.82) is 0 Å². The largest absolute Gasteiger partial charge is 0.493 e. The predicted molar refractivity (Wildman–Crippen MR) is 61.5 cm³/mol. The molecule has 0 N–H and O–H groups in total. The summed E-state index contributed by atoms with van der Waals surface area (Å²) in [5.74, 6) is 0.891. The Hall–Kier alpha value is -1.31. The Kier molecular flexibility index (Phi) is 4.88. The molecule has 0 aliphatic carbocycles. The maximum Gasteiger partial charge on any atom is 0.166 e. The van der Waals surface area contributed by atoms with Gasteiger partial charge in [-0.2, -0.15) is 0 Å². The van der Waals surface area contributed by atoms with Crippen LogP contribution >= 0.6 is 0 Å². The standard InChI is InChI=1S/C13H18O2/c1-3-7-12(14)11-8-5-6-9-13(11)15-10-4-2/h5-6,8-9H,3-4,7,10H2,1-2H3. The van der Waals surface area contributed by atoms with Gasteiger partial charge in [0.1, 0.15) is 5.75 Å². The molecule has 0 radical (unpaired) electrons. The van der Waals surface area contributed by atoms with E-state index in [1.807, 2.05) is 31.2 Å². The van der Waals surface area contributed by atoms with Gasteiger partial charge in [0.25, 0.3) is 0 Å². The molecule has 0 fully saturated rings. The summed E-state index contributed by atoms with van der Waals surface area (Å²) in [5.41, 5.74) is 0.716. The zero-order valence-corrected chi connectivity index (χ0v) is 9.45. The molecule has 2 nitrogen and oxygen atoms in total. The molecule has 2 heteroatoms. The van der Waals surface area contributed by atoms with E-state index in [9.17, 15) is 4.79 Å². The Morgan fingerprint density at radius 2 is 1.93 bits per heavy atom. The van der Waals surface area contributed by atoms with Gasteiger partial charge in [-0.1, -0.05) is 26.0 Å². The lowest BCUT2D eigenvalue weighted by Crippen LogP contribution is -2.04. The maximum absolute atomic E-state index is 11.7. The molecule has 0 atom stereocenters. The minimum Gasteiger partial charge on any atom is -0.493 e. The average Bonchev–Trinajstić information content (AvgIpc) is 2.27. The lowest BCUT2D eigenvalue weighted by atomic mass is 10.1. The van der Waals surface area contributed by atoms with E-state index < -0.39 is 0 Å². The number of Topliss-reactive ketones (excluding diaryl/α,β-unsaturated/α-hetero) is 1. The SMILES string of the molecule is CCCOc1ccccc1C(=O)CCC. The van der Waals surface area contributed by atoms with Gasteiger partial charge in [0.05, 0.1) is 12.2 Å². The van der Waals surface area contributed by atoms with Gasteiger partial charge in [-0.25, -0.2) is 0 Å². The van der Waals surface area contributed by atoms with E-state index in [-0.39, 0.29) is 5.78 Å². The second kappa shape index (κ2) is 6.23. The first-order chi connectivity index (χ1) is 7.29. The lowest BCUT2D eigenvalue weighted by Gasteiger charge is -2.09. The number of carbonyl (C=O) groups is 1. The fourth-order valence-electron chi connectivity index (χ4n) is 1.40. The number of para-hydroxylation sites is 1. The predicted octanol–water partition coefficient (Wildman–Crippen LogP) is 3.46. The summed E-state index contributed by atoms with van der Waals surface area (Å²) in [6.07, 6.45) is 2.42. The number of hydrogen-bond donors (Lipinski definition) is 0. The van der Waals surface area contributed by atoms with Gasteiger partial charge in [-0.15, -0.1) is 0 Å². The normalized spacial score (nSPS) is 10.0. The maximum atomic E-state index is 11.7. The molecule has 0 aromatic heterocycles. The van der Waals surface area contributed by atoms with Crippen LogP contribution in [0.4, 0.5) is 0 Å². The molecule has 0 amide bonds.